The van der Waals surface area contributed by atoms with Crippen molar-refractivity contribution < 1.29 is 14.2 Å². The molecule has 0 amide bonds. The minimum absolute atomic E-state index is 0.224. The van der Waals surface area contributed by atoms with Crippen LogP contribution in [0.3, 0.4) is 0 Å². The van der Waals surface area contributed by atoms with E-state index in [1.807, 2.05) is 6.07 Å². The van der Waals surface area contributed by atoms with Crippen molar-refractivity contribution >= 4 is 11.8 Å². The Balaban J connectivity index is 1.60. The molecule has 0 radical (unpaired) electrons. The molecular weight excluding hydrogens is 263 g/mol. The monoisotopic (exact) mass is 284 g/mol. The first kappa shape index (κ1) is 14.8. The van der Waals surface area contributed by atoms with Gasteiger partial charge in [-0.1, -0.05) is 6.07 Å². The first-order chi connectivity index (χ1) is 9.24. The lowest BCUT2D eigenvalue weighted by atomic mass is 10.1. The molecule has 2 unspecified atom stereocenters. The summed E-state index contributed by atoms with van der Waals surface area (Å²) in [5.41, 5.74) is 0. The summed E-state index contributed by atoms with van der Waals surface area (Å²) in [5, 5.41) is 9.90. The molecule has 1 saturated heterocycles. The first-order valence-electron chi connectivity index (χ1n) is 6.92. The highest BCUT2D eigenvalue weighted by Gasteiger charge is 2.15. The molecule has 4 heteroatoms. The Morgan fingerprint density at radius 3 is 3.11 bits per heavy atom. The SMILES string of the molecule is OC(CCCC1CCCO1)CSc1cccc(F)c1. The molecule has 2 atom stereocenters. The molecule has 1 heterocycles. The summed E-state index contributed by atoms with van der Waals surface area (Å²) in [6.07, 6.45) is 5.24. The van der Waals surface area contributed by atoms with Gasteiger partial charge < -0.3 is 9.84 Å². The first-order valence-corrected chi connectivity index (χ1v) is 7.90. The Bertz CT molecular complexity index is 380. The smallest absolute Gasteiger partial charge is 0.124 e. The van der Waals surface area contributed by atoms with Crippen LogP contribution in [0, 0.1) is 5.82 Å². The highest BCUT2D eigenvalue weighted by molar-refractivity contribution is 7.99. The fourth-order valence-electron chi connectivity index (χ4n) is 2.29. The van der Waals surface area contributed by atoms with Crippen LogP contribution in [0.4, 0.5) is 4.39 Å². The summed E-state index contributed by atoms with van der Waals surface area (Å²) >= 11 is 1.50. The van der Waals surface area contributed by atoms with Crippen LogP contribution in [0.1, 0.15) is 32.1 Å². The molecule has 0 spiro atoms. The molecule has 0 saturated carbocycles. The van der Waals surface area contributed by atoms with Crippen molar-refractivity contribution in [1.82, 2.24) is 0 Å². The molecule has 2 nitrogen and oxygen atoms in total. The molecule has 1 aromatic rings. The molecule has 1 N–H and O–H groups in total. The molecule has 106 valence electrons. The minimum Gasteiger partial charge on any atom is -0.392 e. The number of rotatable bonds is 7. The fourth-order valence-corrected chi connectivity index (χ4v) is 3.21. The van der Waals surface area contributed by atoms with E-state index in [1.165, 1.54) is 30.3 Å². The Hall–Kier alpha value is -0.580. The van der Waals surface area contributed by atoms with Gasteiger partial charge in [0.1, 0.15) is 5.82 Å². The third kappa shape index (κ3) is 5.51. The second-order valence-corrected chi connectivity index (χ2v) is 6.08. The van der Waals surface area contributed by atoms with Gasteiger partial charge in [-0.3, -0.25) is 0 Å². The predicted octanol–water partition coefficient (Wildman–Crippen LogP) is 3.63. The van der Waals surface area contributed by atoms with Crippen LogP contribution in [0.5, 0.6) is 0 Å². The molecule has 1 aliphatic rings. The summed E-state index contributed by atoms with van der Waals surface area (Å²) in [6.45, 7) is 0.892. The maximum absolute atomic E-state index is 13.0. The van der Waals surface area contributed by atoms with E-state index in [4.69, 9.17) is 4.74 Å². The average Bonchev–Trinajstić information content (AvgIpc) is 2.90. The quantitative estimate of drug-likeness (QED) is 0.775. The van der Waals surface area contributed by atoms with Crippen LogP contribution in [-0.2, 0) is 4.74 Å². The standard InChI is InChI=1S/C15H21FO2S/c16-12-4-1-8-15(10-12)19-11-13(17)5-2-6-14-7-3-9-18-14/h1,4,8,10,13-14,17H,2-3,5-7,9,11H2. The van der Waals surface area contributed by atoms with Crippen LogP contribution >= 0.6 is 11.8 Å². The van der Waals surface area contributed by atoms with Crippen LogP contribution in [0.15, 0.2) is 29.2 Å². The van der Waals surface area contributed by atoms with Gasteiger partial charge in [-0.15, -0.1) is 11.8 Å². The van der Waals surface area contributed by atoms with Gasteiger partial charge in [0.25, 0.3) is 0 Å². The summed E-state index contributed by atoms with van der Waals surface area (Å²) in [6, 6.07) is 6.50. The molecule has 1 aromatic carbocycles. The van der Waals surface area contributed by atoms with Crippen molar-refractivity contribution in [2.75, 3.05) is 12.4 Å². The van der Waals surface area contributed by atoms with E-state index < -0.39 is 0 Å². The maximum Gasteiger partial charge on any atom is 0.124 e. The van der Waals surface area contributed by atoms with Crippen LogP contribution in [-0.4, -0.2) is 29.7 Å². The predicted molar refractivity (Wildman–Crippen MR) is 76.0 cm³/mol. The molecule has 0 aromatic heterocycles. The number of aliphatic hydroxyl groups excluding tert-OH is 1. The van der Waals surface area contributed by atoms with Gasteiger partial charge in [0.2, 0.25) is 0 Å². The average molecular weight is 284 g/mol. The number of ether oxygens (including phenoxy) is 1. The fraction of sp³-hybridized carbons (Fsp3) is 0.600. The third-order valence-corrected chi connectivity index (χ3v) is 4.46. The van der Waals surface area contributed by atoms with Gasteiger partial charge in [-0.25, -0.2) is 4.39 Å². The van der Waals surface area contributed by atoms with E-state index in [0.29, 0.717) is 11.9 Å². The molecule has 2 rings (SSSR count). The normalized spacial score (nSPS) is 20.6. The Morgan fingerprint density at radius 2 is 2.37 bits per heavy atom. The summed E-state index contributed by atoms with van der Waals surface area (Å²) in [5.74, 6) is 0.396. The van der Waals surface area contributed by atoms with Crippen molar-refractivity contribution in [3.63, 3.8) is 0 Å². The molecular formula is C15H21FO2S. The highest BCUT2D eigenvalue weighted by atomic mass is 32.2. The lowest BCUT2D eigenvalue weighted by molar-refractivity contribution is 0.0966. The van der Waals surface area contributed by atoms with Crippen molar-refractivity contribution in [1.29, 1.82) is 0 Å². The van der Waals surface area contributed by atoms with Gasteiger partial charge in [0.05, 0.1) is 12.2 Å². The van der Waals surface area contributed by atoms with E-state index in [2.05, 4.69) is 0 Å². The number of hydrogen-bond acceptors (Lipinski definition) is 3. The lowest BCUT2D eigenvalue weighted by Crippen LogP contribution is -2.12. The van der Waals surface area contributed by atoms with Crippen molar-refractivity contribution in [2.45, 2.75) is 49.2 Å². The number of hydrogen-bond donors (Lipinski definition) is 1. The van der Waals surface area contributed by atoms with Gasteiger partial charge in [0.15, 0.2) is 0 Å². The number of thioether (sulfide) groups is 1. The van der Waals surface area contributed by atoms with Crippen LogP contribution in [0.2, 0.25) is 0 Å². The number of aliphatic hydroxyl groups is 1. The van der Waals surface area contributed by atoms with Gasteiger partial charge >= 0.3 is 0 Å². The summed E-state index contributed by atoms with van der Waals surface area (Å²) in [7, 11) is 0. The Labute approximate surface area is 118 Å². The second kappa shape index (κ2) is 7.88. The van der Waals surface area contributed by atoms with Gasteiger partial charge in [0, 0.05) is 17.3 Å². The Kier molecular flexibility index (Phi) is 6.14. The molecule has 0 bridgehead atoms. The zero-order chi connectivity index (χ0) is 13.5. The topological polar surface area (TPSA) is 29.5 Å². The van der Waals surface area contributed by atoms with Crippen molar-refractivity contribution in [3.05, 3.63) is 30.1 Å². The van der Waals surface area contributed by atoms with Gasteiger partial charge in [-0.05, 0) is 50.3 Å². The Morgan fingerprint density at radius 1 is 1.47 bits per heavy atom. The maximum atomic E-state index is 13.0. The lowest BCUT2D eigenvalue weighted by Gasteiger charge is -2.12. The van der Waals surface area contributed by atoms with E-state index in [9.17, 15) is 9.50 Å². The zero-order valence-electron chi connectivity index (χ0n) is 11.1. The van der Waals surface area contributed by atoms with Crippen LogP contribution < -0.4 is 0 Å². The summed E-state index contributed by atoms with van der Waals surface area (Å²) in [4.78, 5) is 0.873. The largest absolute Gasteiger partial charge is 0.392 e. The van der Waals surface area contributed by atoms with Gasteiger partial charge in [-0.2, -0.15) is 0 Å². The number of halogens is 1. The van der Waals surface area contributed by atoms with E-state index >= 15 is 0 Å². The molecule has 1 aliphatic heterocycles. The molecule has 0 aliphatic carbocycles. The van der Waals surface area contributed by atoms with E-state index in [0.717, 1.165) is 37.2 Å². The third-order valence-electron chi connectivity index (χ3n) is 3.33. The highest BCUT2D eigenvalue weighted by Crippen LogP contribution is 2.22. The van der Waals surface area contributed by atoms with E-state index in [-0.39, 0.29) is 11.9 Å². The molecule has 19 heavy (non-hydrogen) atoms. The van der Waals surface area contributed by atoms with E-state index in [1.54, 1.807) is 6.07 Å². The van der Waals surface area contributed by atoms with Crippen molar-refractivity contribution in [3.8, 4) is 0 Å². The number of benzene rings is 1. The second-order valence-electron chi connectivity index (χ2n) is 4.99. The molecule has 1 fully saturated rings. The summed E-state index contributed by atoms with van der Waals surface area (Å²) < 4.78 is 18.5. The minimum atomic E-state index is -0.324. The zero-order valence-corrected chi connectivity index (χ0v) is 11.9. The van der Waals surface area contributed by atoms with Crippen molar-refractivity contribution in [2.24, 2.45) is 0 Å². The van der Waals surface area contributed by atoms with Crippen LogP contribution in [0.25, 0.3) is 0 Å².